The fourth-order valence-corrected chi connectivity index (χ4v) is 3.13. The molecule has 4 heterocycles. The van der Waals surface area contributed by atoms with Crippen LogP contribution in [0.3, 0.4) is 0 Å². The van der Waals surface area contributed by atoms with Crippen LogP contribution in [0.4, 0.5) is 0 Å². The molecule has 0 aromatic carbocycles. The molecule has 0 atom stereocenters. The number of nitrogens with two attached hydrogens (primary N) is 1. The fourth-order valence-electron chi connectivity index (χ4n) is 3.13. The summed E-state index contributed by atoms with van der Waals surface area (Å²) in [4.78, 5) is 31.6. The third kappa shape index (κ3) is 2.90. The van der Waals surface area contributed by atoms with E-state index in [0.29, 0.717) is 28.4 Å². The quantitative estimate of drug-likeness (QED) is 0.522. The first kappa shape index (κ1) is 15.8. The van der Waals surface area contributed by atoms with E-state index >= 15 is 0 Å². The second-order valence-corrected chi connectivity index (χ2v) is 6.15. The number of nitrogen functional groups attached to an aromatic ring is 1. The van der Waals surface area contributed by atoms with Crippen molar-refractivity contribution in [3.8, 4) is 0 Å². The highest BCUT2D eigenvalue weighted by Crippen LogP contribution is 2.13. The first-order valence-electron chi connectivity index (χ1n) is 8.24. The van der Waals surface area contributed by atoms with Gasteiger partial charge in [0.05, 0.1) is 35.0 Å². The molecule has 0 saturated carbocycles. The second kappa shape index (κ2) is 6.30. The van der Waals surface area contributed by atoms with E-state index in [1.165, 1.54) is 6.20 Å². The van der Waals surface area contributed by atoms with Gasteiger partial charge in [0, 0.05) is 38.6 Å². The Hall–Kier alpha value is -2.71. The molecule has 0 aliphatic carbocycles. The van der Waals surface area contributed by atoms with E-state index in [-0.39, 0.29) is 11.1 Å². The predicted octanol–water partition coefficient (Wildman–Crippen LogP) is -0.243. The average molecular weight is 341 g/mol. The van der Waals surface area contributed by atoms with Gasteiger partial charge in [0.15, 0.2) is 0 Å². The Morgan fingerprint density at radius 2 is 1.68 bits per heavy atom. The van der Waals surface area contributed by atoms with E-state index in [0.717, 1.165) is 37.5 Å². The number of morpholine rings is 1. The Morgan fingerprint density at radius 1 is 1.00 bits per heavy atom. The molecule has 0 amide bonds. The topological polar surface area (TPSA) is 95.4 Å². The summed E-state index contributed by atoms with van der Waals surface area (Å²) in [5.74, 6) is 5.61. The summed E-state index contributed by atoms with van der Waals surface area (Å²) in [6, 6.07) is 5.07. The molecule has 3 aromatic rings. The number of pyridine rings is 3. The van der Waals surface area contributed by atoms with Gasteiger partial charge in [-0.1, -0.05) is 0 Å². The third-order valence-electron chi connectivity index (χ3n) is 4.60. The average Bonchev–Trinajstić information content (AvgIpc) is 2.64. The van der Waals surface area contributed by atoms with Crippen molar-refractivity contribution in [1.29, 1.82) is 0 Å². The molecule has 4 rings (SSSR count). The van der Waals surface area contributed by atoms with E-state index in [1.807, 2.05) is 6.07 Å². The predicted molar refractivity (Wildman–Crippen MR) is 95.2 cm³/mol. The Bertz CT molecular complexity index is 1050. The van der Waals surface area contributed by atoms with E-state index in [4.69, 9.17) is 10.6 Å². The number of fused-ring (bicyclic) bond motifs is 2. The lowest BCUT2D eigenvalue weighted by Crippen LogP contribution is -2.39. The third-order valence-corrected chi connectivity index (χ3v) is 4.60. The minimum absolute atomic E-state index is 0.146. The van der Waals surface area contributed by atoms with Crippen molar-refractivity contribution in [2.75, 3.05) is 38.7 Å². The normalized spacial score (nSPS) is 15.8. The summed E-state index contributed by atoms with van der Waals surface area (Å²) in [5.41, 5.74) is 0.598. The fraction of sp³-hybridized carbons (Fsp3) is 0.353. The van der Waals surface area contributed by atoms with E-state index in [9.17, 15) is 9.59 Å². The van der Waals surface area contributed by atoms with Gasteiger partial charge in [0.25, 0.3) is 11.1 Å². The van der Waals surface area contributed by atoms with Crippen LogP contribution in [-0.2, 0) is 11.3 Å². The van der Waals surface area contributed by atoms with Crippen LogP contribution >= 0.6 is 0 Å². The van der Waals surface area contributed by atoms with Crippen LogP contribution in [0.15, 0.2) is 40.2 Å². The number of aromatic nitrogens is 3. The summed E-state index contributed by atoms with van der Waals surface area (Å²) in [6.45, 7) is 4.59. The van der Waals surface area contributed by atoms with Crippen molar-refractivity contribution >= 4 is 21.8 Å². The van der Waals surface area contributed by atoms with Crippen LogP contribution in [0.2, 0.25) is 0 Å². The molecule has 3 aromatic heterocycles. The maximum atomic E-state index is 12.8. The molecule has 8 nitrogen and oxygen atoms in total. The van der Waals surface area contributed by atoms with Crippen LogP contribution in [-0.4, -0.2) is 52.0 Å². The minimum atomic E-state index is -0.366. The summed E-state index contributed by atoms with van der Waals surface area (Å²) in [7, 11) is 0. The SMILES string of the molecule is Nn1ccc2nc3ccn(CCN4CCOCC4)c(=O)c3cc2c1=O. The Labute approximate surface area is 143 Å². The van der Waals surface area contributed by atoms with Crippen LogP contribution in [0, 0.1) is 0 Å². The molecule has 0 spiro atoms. The number of hydrogen-bond donors (Lipinski definition) is 1. The number of hydrogen-bond acceptors (Lipinski definition) is 6. The highest BCUT2D eigenvalue weighted by atomic mass is 16.5. The summed E-state index contributed by atoms with van der Waals surface area (Å²) >= 11 is 0. The molecule has 25 heavy (non-hydrogen) atoms. The summed E-state index contributed by atoms with van der Waals surface area (Å²) in [6.07, 6.45) is 3.22. The van der Waals surface area contributed by atoms with Crippen LogP contribution in [0.1, 0.15) is 0 Å². The molecule has 0 radical (unpaired) electrons. The number of nitrogens with zero attached hydrogens (tertiary/aromatic N) is 4. The molecule has 0 unspecified atom stereocenters. The zero-order valence-electron chi connectivity index (χ0n) is 13.7. The molecule has 0 bridgehead atoms. The molecule has 1 fully saturated rings. The standard InChI is InChI=1S/C17H19N5O3/c18-22-4-2-15-13(17(22)24)11-12-14(19-15)1-3-21(16(12)23)6-5-20-7-9-25-10-8-20/h1-4,11H,5-10,18H2. The van der Waals surface area contributed by atoms with Gasteiger partial charge in [0.2, 0.25) is 0 Å². The Balaban J connectivity index is 1.73. The molecule has 130 valence electrons. The highest BCUT2D eigenvalue weighted by molar-refractivity contribution is 5.91. The lowest BCUT2D eigenvalue weighted by atomic mass is 10.2. The monoisotopic (exact) mass is 341 g/mol. The van der Waals surface area contributed by atoms with Crippen molar-refractivity contribution in [1.82, 2.24) is 19.1 Å². The molecule has 1 saturated heterocycles. The van der Waals surface area contributed by atoms with Gasteiger partial charge < -0.3 is 15.1 Å². The lowest BCUT2D eigenvalue weighted by Gasteiger charge is -2.26. The lowest BCUT2D eigenvalue weighted by molar-refractivity contribution is 0.0363. The van der Waals surface area contributed by atoms with Crippen molar-refractivity contribution in [3.05, 3.63) is 51.3 Å². The van der Waals surface area contributed by atoms with Gasteiger partial charge in [-0.2, -0.15) is 0 Å². The molecule has 2 N–H and O–H groups in total. The van der Waals surface area contributed by atoms with Crippen molar-refractivity contribution in [2.24, 2.45) is 0 Å². The van der Waals surface area contributed by atoms with Crippen molar-refractivity contribution in [2.45, 2.75) is 6.54 Å². The Morgan fingerprint density at radius 3 is 2.44 bits per heavy atom. The largest absolute Gasteiger partial charge is 0.379 e. The van der Waals surface area contributed by atoms with Crippen molar-refractivity contribution < 1.29 is 4.74 Å². The minimum Gasteiger partial charge on any atom is -0.379 e. The van der Waals surface area contributed by atoms with Gasteiger partial charge in [-0.3, -0.25) is 14.5 Å². The molecular weight excluding hydrogens is 322 g/mol. The maximum Gasteiger partial charge on any atom is 0.278 e. The van der Waals surface area contributed by atoms with Crippen LogP contribution in [0.25, 0.3) is 21.8 Å². The van der Waals surface area contributed by atoms with Gasteiger partial charge in [-0.05, 0) is 18.2 Å². The van der Waals surface area contributed by atoms with Crippen LogP contribution < -0.4 is 17.0 Å². The van der Waals surface area contributed by atoms with Gasteiger partial charge in [-0.15, -0.1) is 0 Å². The molecular formula is C17H19N5O3. The van der Waals surface area contributed by atoms with Gasteiger partial charge in [-0.25, -0.2) is 9.66 Å². The number of ether oxygens (including phenoxy) is 1. The zero-order valence-corrected chi connectivity index (χ0v) is 13.7. The smallest absolute Gasteiger partial charge is 0.278 e. The van der Waals surface area contributed by atoms with E-state index in [1.54, 1.807) is 22.9 Å². The molecule has 1 aliphatic heterocycles. The summed E-state index contributed by atoms with van der Waals surface area (Å²) < 4.78 is 7.99. The van der Waals surface area contributed by atoms with Gasteiger partial charge >= 0.3 is 0 Å². The highest BCUT2D eigenvalue weighted by Gasteiger charge is 2.12. The second-order valence-electron chi connectivity index (χ2n) is 6.15. The molecule has 1 aliphatic rings. The maximum absolute atomic E-state index is 12.8. The Kier molecular flexibility index (Phi) is 3.98. The molecule has 8 heteroatoms. The van der Waals surface area contributed by atoms with Crippen molar-refractivity contribution in [3.63, 3.8) is 0 Å². The van der Waals surface area contributed by atoms with Crippen LogP contribution in [0.5, 0.6) is 0 Å². The number of rotatable bonds is 3. The first-order chi connectivity index (χ1) is 12.1. The zero-order chi connectivity index (χ0) is 17.4. The summed E-state index contributed by atoms with van der Waals surface area (Å²) in [5, 5.41) is 0.779. The van der Waals surface area contributed by atoms with E-state index < -0.39 is 0 Å². The first-order valence-corrected chi connectivity index (χ1v) is 8.24. The van der Waals surface area contributed by atoms with E-state index in [2.05, 4.69) is 9.88 Å². The van der Waals surface area contributed by atoms with Gasteiger partial charge in [0.1, 0.15) is 0 Å².